The first-order valence-electron chi connectivity index (χ1n) is 23.8. The minimum absolute atomic E-state index is 0. The van der Waals surface area contributed by atoms with Gasteiger partial charge in [0.05, 0.1) is 13.2 Å². The Morgan fingerprint density at radius 3 is 1.28 bits per heavy atom. The molecule has 0 aliphatic carbocycles. The van der Waals surface area contributed by atoms with Crippen LogP contribution in [0.1, 0.15) is 219 Å². The molecule has 1 aliphatic heterocycles. The average Bonchev–Trinajstić information content (AvgIpc) is 3.20. The number of carbonyl (C=O) groups is 2. The fraction of sp³-hybridized carbons (Fsp3) is 0.956. The van der Waals surface area contributed by atoms with Gasteiger partial charge in [-0.15, -0.1) is 0 Å². The van der Waals surface area contributed by atoms with Crippen LogP contribution in [0.2, 0.25) is 0 Å². The van der Waals surface area contributed by atoms with Gasteiger partial charge in [-0.1, -0.05) is 194 Å². The average molecular weight is 890 g/mol. The molecule has 1 aliphatic rings. The molecule has 6 unspecified atom stereocenters. The monoisotopic (exact) mass is 890 g/mol. The molecule has 0 radical (unpaired) electrons. The van der Waals surface area contributed by atoms with Crippen molar-refractivity contribution >= 4 is 22.3 Å². The van der Waals surface area contributed by atoms with Gasteiger partial charge in [0.1, 0.15) is 31.0 Å². The summed E-state index contributed by atoms with van der Waals surface area (Å²) in [5.41, 5.74) is 0. The molecule has 0 aromatic rings. The number of ether oxygens (including phenoxy) is 4. The first-order chi connectivity index (χ1) is 28.5. The number of hydrogen-bond acceptors (Lipinski definition) is 12. The van der Waals surface area contributed by atoms with E-state index in [0.29, 0.717) is 12.8 Å². The van der Waals surface area contributed by atoms with Gasteiger partial charge in [0.15, 0.2) is 12.4 Å². The minimum atomic E-state index is -4.88. The standard InChI is InChI=1S/C45H86O13S.Na/c1-3-5-7-9-11-13-15-17-19-21-23-25-27-29-31-33-40(46)54-35-38(36-55-45-44(50)43(49)42(48)39(58-45)37-56-59(51,52)53)57-41(47)34-32-30-28-26-24-22-20-18-16-14-12-10-8-6-4-2;/h38-39,42-45,48-50H,3-37H2,1-2H3,(H,51,52,53);/q;+1. The van der Waals surface area contributed by atoms with Crippen molar-refractivity contribution in [3.05, 3.63) is 0 Å². The first-order valence-corrected chi connectivity index (χ1v) is 25.1. The van der Waals surface area contributed by atoms with Crippen LogP contribution in [0.3, 0.4) is 0 Å². The number of unbranched alkanes of at least 4 members (excludes halogenated alkanes) is 28. The quantitative estimate of drug-likeness (QED) is 0.0222. The molecule has 0 spiro atoms. The van der Waals surface area contributed by atoms with Gasteiger partial charge in [0.2, 0.25) is 0 Å². The van der Waals surface area contributed by atoms with Crippen LogP contribution in [0, 0.1) is 0 Å². The van der Waals surface area contributed by atoms with E-state index < -0.39 is 72.4 Å². The Morgan fingerprint density at radius 1 is 0.533 bits per heavy atom. The molecule has 4 N–H and O–H groups in total. The smallest absolute Gasteiger partial charge is 0.462 e. The predicted molar refractivity (Wildman–Crippen MR) is 230 cm³/mol. The second kappa shape index (κ2) is 40.1. The molecule has 13 nitrogen and oxygen atoms in total. The van der Waals surface area contributed by atoms with Crippen LogP contribution < -0.4 is 29.6 Å². The molecule has 0 amide bonds. The zero-order chi connectivity index (χ0) is 43.4. The fourth-order valence-corrected chi connectivity index (χ4v) is 7.75. The van der Waals surface area contributed by atoms with Crippen molar-refractivity contribution in [3.8, 4) is 0 Å². The predicted octanol–water partition coefficient (Wildman–Crippen LogP) is 6.61. The molecule has 15 heteroatoms. The van der Waals surface area contributed by atoms with Crippen LogP contribution in [-0.2, 0) is 43.1 Å². The molecule has 6 atom stereocenters. The molecule has 1 rings (SSSR count). The molecule has 350 valence electrons. The van der Waals surface area contributed by atoms with Crippen molar-refractivity contribution in [2.24, 2.45) is 0 Å². The summed E-state index contributed by atoms with van der Waals surface area (Å²) >= 11 is 0. The van der Waals surface area contributed by atoms with Crippen molar-refractivity contribution in [1.82, 2.24) is 0 Å². The van der Waals surface area contributed by atoms with Gasteiger partial charge >= 0.3 is 51.9 Å². The van der Waals surface area contributed by atoms with E-state index >= 15 is 0 Å². The summed E-state index contributed by atoms with van der Waals surface area (Å²) in [7, 11) is -4.88. The van der Waals surface area contributed by atoms with E-state index in [2.05, 4.69) is 18.0 Å². The van der Waals surface area contributed by atoms with Crippen LogP contribution in [0.4, 0.5) is 0 Å². The summed E-state index contributed by atoms with van der Waals surface area (Å²) < 4.78 is 57.4. The van der Waals surface area contributed by atoms with E-state index in [9.17, 15) is 33.3 Å². The Kier molecular flexibility index (Phi) is 39.9. The van der Waals surface area contributed by atoms with E-state index in [4.69, 9.17) is 23.5 Å². The number of carbonyl (C=O) groups excluding carboxylic acids is 2. The number of hydrogen-bond donors (Lipinski definition) is 4. The number of aliphatic hydroxyl groups excluding tert-OH is 3. The summed E-state index contributed by atoms with van der Waals surface area (Å²) in [5.74, 6) is -0.926. The largest absolute Gasteiger partial charge is 1.00 e. The van der Waals surface area contributed by atoms with Crippen molar-refractivity contribution in [3.63, 3.8) is 0 Å². The third kappa shape index (κ3) is 34.1. The number of esters is 2. The maximum Gasteiger partial charge on any atom is 1.00 e. The summed E-state index contributed by atoms with van der Waals surface area (Å²) in [5, 5.41) is 31.0. The van der Waals surface area contributed by atoms with Crippen LogP contribution >= 0.6 is 0 Å². The van der Waals surface area contributed by atoms with Crippen molar-refractivity contribution < 1.29 is 90.6 Å². The second-order valence-electron chi connectivity index (χ2n) is 16.8. The molecule has 0 bridgehead atoms. The molecular weight excluding hydrogens is 804 g/mol. The maximum absolute atomic E-state index is 12.8. The Balaban J connectivity index is 0.0000348. The van der Waals surface area contributed by atoms with Crippen LogP contribution in [0.5, 0.6) is 0 Å². The SMILES string of the molecule is CCCCCCCCCCCCCCCCCC(=O)OCC(COC1OC(COS(=O)(=O)O)C(O)C(O)C1O)OC(=O)CCCCCCCCCCCCCCCCC.[Na+]. The van der Waals surface area contributed by atoms with E-state index in [1.54, 1.807) is 0 Å². The fourth-order valence-electron chi connectivity index (χ4n) is 7.45. The molecule has 60 heavy (non-hydrogen) atoms. The zero-order valence-electron chi connectivity index (χ0n) is 38.1. The third-order valence-corrected chi connectivity index (χ3v) is 11.6. The topological polar surface area (TPSA) is 195 Å². The van der Waals surface area contributed by atoms with Crippen molar-refractivity contribution in [2.45, 2.75) is 256 Å². The molecule has 0 saturated carbocycles. The van der Waals surface area contributed by atoms with Gasteiger partial charge in [0, 0.05) is 12.8 Å². The van der Waals surface area contributed by atoms with Gasteiger partial charge in [-0.3, -0.25) is 14.1 Å². The number of rotatable bonds is 41. The molecule has 1 fully saturated rings. The molecular formula is C45H86NaO13S+. The van der Waals surface area contributed by atoms with Gasteiger partial charge in [0.25, 0.3) is 0 Å². The summed E-state index contributed by atoms with van der Waals surface area (Å²) in [6.45, 7) is 2.93. The van der Waals surface area contributed by atoms with Crippen LogP contribution in [-0.4, -0.2) is 96.9 Å². The first kappa shape index (κ1) is 59.6. The minimum Gasteiger partial charge on any atom is -0.462 e. The Hall–Kier alpha value is -0.390. The zero-order valence-corrected chi connectivity index (χ0v) is 40.9. The molecule has 0 aromatic heterocycles. The van der Waals surface area contributed by atoms with Crippen LogP contribution in [0.15, 0.2) is 0 Å². The summed E-state index contributed by atoms with van der Waals surface area (Å²) in [4.78, 5) is 25.5. The van der Waals surface area contributed by atoms with E-state index in [1.807, 2.05) is 0 Å². The second-order valence-corrected chi connectivity index (χ2v) is 17.8. The van der Waals surface area contributed by atoms with Crippen molar-refractivity contribution in [1.29, 1.82) is 0 Å². The Morgan fingerprint density at radius 2 is 0.900 bits per heavy atom. The van der Waals surface area contributed by atoms with E-state index in [0.717, 1.165) is 38.5 Å². The van der Waals surface area contributed by atoms with Gasteiger partial charge in [-0.25, -0.2) is 4.18 Å². The molecule has 0 aromatic carbocycles. The normalized spacial score (nSPS) is 19.8. The maximum atomic E-state index is 12.8. The van der Waals surface area contributed by atoms with Gasteiger partial charge in [-0.05, 0) is 12.8 Å². The van der Waals surface area contributed by atoms with E-state index in [-0.39, 0.29) is 49.0 Å². The Labute approximate surface area is 386 Å². The van der Waals surface area contributed by atoms with E-state index in [1.165, 1.54) is 141 Å². The molecule has 1 saturated heterocycles. The van der Waals surface area contributed by atoms with Gasteiger partial charge in [-0.2, -0.15) is 8.42 Å². The van der Waals surface area contributed by atoms with Crippen molar-refractivity contribution in [2.75, 3.05) is 19.8 Å². The van der Waals surface area contributed by atoms with Gasteiger partial charge < -0.3 is 34.3 Å². The molecule has 1 heterocycles. The Bertz CT molecular complexity index is 1110. The summed E-state index contributed by atoms with van der Waals surface area (Å²) in [6, 6.07) is 0. The summed E-state index contributed by atoms with van der Waals surface area (Å²) in [6.07, 6.45) is 27.3. The van der Waals surface area contributed by atoms with Crippen LogP contribution in [0.25, 0.3) is 0 Å². The third-order valence-electron chi connectivity index (χ3n) is 11.2. The number of aliphatic hydroxyl groups is 3.